The molecule has 1 aliphatic rings. The Morgan fingerprint density at radius 2 is 1.58 bits per heavy atom. The summed E-state index contributed by atoms with van der Waals surface area (Å²) in [5.74, 6) is -1.19. The second kappa shape index (κ2) is 8.94. The van der Waals surface area contributed by atoms with Crippen molar-refractivity contribution in [2.45, 2.75) is 25.9 Å². The monoisotopic (exact) mass is 442 g/mol. The van der Waals surface area contributed by atoms with Crippen LogP contribution in [0.3, 0.4) is 0 Å². The Morgan fingerprint density at radius 1 is 0.848 bits per heavy atom. The Kier molecular flexibility index (Phi) is 5.69. The average Bonchev–Trinajstić information content (AvgIpc) is 3.58. The van der Waals surface area contributed by atoms with Crippen LogP contribution in [0.2, 0.25) is 0 Å². The number of rotatable bonds is 7. The van der Waals surface area contributed by atoms with Crippen LogP contribution in [0.4, 0.5) is 0 Å². The van der Waals surface area contributed by atoms with E-state index < -0.39 is 11.7 Å². The van der Waals surface area contributed by atoms with Crippen molar-refractivity contribution in [1.29, 1.82) is 0 Å². The van der Waals surface area contributed by atoms with Gasteiger partial charge in [-0.05, 0) is 36.4 Å². The maximum atomic E-state index is 13.0. The topological polar surface area (TPSA) is 76.3 Å². The van der Waals surface area contributed by atoms with E-state index in [9.17, 15) is 14.4 Å². The molecule has 1 N–H and O–H groups in total. The number of hydrogen-bond acceptors (Lipinski definition) is 3. The minimum Gasteiger partial charge on any atom is -0.347 e. The molecule has 5 rings (SSSR count). The van der Waals surface area contributed by atoms with Gasteiger partial charge in [-0.3, -0.25) is 14.4 Å². The number of hydrogen-bond donors (Lipinski definition) is 1. The van der Waals surface area contributed by atoms with Gasteiger partial charge in [0.1, 0.15) is 6.54 Å². The van der Waals surface area contributed by atoms with Gasteiger partial charge in [0.2, 0.25) is 5.91 Å². The van der Waals surface area contributed by atoms with Gasteiger partial charge in [0.05, 0.1) is 5.56 Å². The normalized spacial score (nSPS) is 13.6. The van der Waals surface area contributed by atoms with Gasteiger partial charge in [-0.1, -0.05) is 36.4 Å². The molecule has 2 aromatic carbocycles. The Bertz CT molecular complexity index is 1340. The maximum Gasteiger partial charge on any atom is 0.292 e. The molecule has 1 fully saturated rings. The summed E-state index contributed by atoms with van der Waals surface area (Å²) >= 11 is 0. The van der Waals surface area contributed by atoms with Crippen molar-refractivity contribution in [1.82, 2.24) is 19.4 Å². The van der Waals surface area contributed by atoms with E-state index in [0.717, 1.165) is 42.4 Å². The first-order valence-corrected chi connectivity index (χ1v) is 11.3. The van der Waals surface area contributed by atoms with E-state index in [2.05, 4.69) is 9.88 Å². The van der Waals surface area contributed by atoms with Crippen LogP contribution >= 0.6 is 0 Å². The highest BCUT2D eigenvalue weighted by atomic mass is 16.2. The SMILES string of the molecule is O=C(NCCn1ccc2ccccc21)C(=O)c1cn(CC(=O)N2CCCC2)c2ccccc12. The summed E-state index contributed by atoms with van der Waals surface area (Å²) in [5.41, 5.74) is 2.19. The fourth-order valence-electron chi connectivity index (χ4n) is 4.60. The average molecular weight is 443 g/mol. The molecule has 0 spiro atoms. The van der Waals surface area contributed by atoms with Gasteiger partial charge in [-0.15, -0.1) is 0 Å². The van der Waals surface area contributed by atoms with Crippen molar-refractivity contribution in [2.24, 2.45) is 0 Å². The number of likely N-dealkylation sites (tertiary alicyclic amines) is 1. The zero-order valence-electron chi connectivity index (χ0n) is 18.4. The zero-order valence-corrected chi connectivity index (χ0v) is 18.4. The summed E-state index contributed by atoms with van der Waals surface area (Å²) in [6.45, 7) is 2.63. The van der Waals surface area contributed by atoms with Gasteiger partial charge < -0.3 is 19.4 Å². The van der Waals surface area contributed by atoms with Crippen molar-refractivity contribution in [3.63, 3.8) is 0 Å². The standard InChI is InChI=1S/C26H26N4O3/c31-24(29-13-5-6-14-29)18-30-17-21(20-8-2-4-10-23(20)30)25(32)26(33)27-12-16-28-15-11-19-7-1-3-9-22(19)28/h1-4,7-11,15,17H,5-6,12-14,16,18H2,(H,27,33). The molecule has 1 aliphatic heterocycles. The number of nitrogens with zero attached hydrogens (tertiary/aromatic N) is 3. The summed E-state index contributed by atoms with van der Waals surface area (Å²) in [5, 5.41) is 4.57. The molecule has 168 valence electrons. The summed E-state index contributed by atoms with van der Waals surface area (Å²) in [6.07, 6.45) is 5.67. The second-order valence-electron chi connectivity index (χ2n) is 8.43. The van der Waals surface area contributed by atoms with Gasteiger partial charge in [0.15, 0.2) is 0 Å². The second-order valence-corrected chi connectivity index (χ2v) is 8.43. The molecule has 0 atom stereocenters. The molecule has 0 unspecified atom stereocenters. The first kappa shape index (κ1) is 21.0. The molecule has 0 aliphatic carbocycles. The number of amides is 2. The van der Waals surface area contributed by atoms with Crippen LogP contribution in [0.15, 0.2) is 67.0 Å². The lowest BCUT2D eigenvalue weighted by Gasteiger charge is -2.15. The largest absolute Gasteiger partial charge is 0.347 e. The number of carbonyl (C=O) groups is 3. The number of nitrogens with one attached hydrogen (secondary N) is 1. The lowest BCUT2D eigenvalue weighted by atomic mass is 10.1. The fourth-order valence-corrected chi connectivity index (χ4v) is 4.60. The molecule has 0 saturated carbocycles. The highest BCUT2D eigenvalue weighted by Crippen LogP contribution is 2.23. The molecule has 7 heteroatoms. The van der Waals surface area contributed by atoms with E-state index in [-0.39, 0.29) is 12.5 Å². The van der Waals surface area contributed by atoms with Crippen LogP contribution in [0, 0.1) is 0 Å². The summed E-state index contributed by atoms with van der Waals surface area (Å²) in [7, 11) is 0. The fraction of sp³-hybridized carbons (Fsp3) is 0.269. The molecule has 0 bridgehead atoms. The van der Waals surface area contributed by atoms with Crippen molar-refractivity contribution in [3.8, 4) is 0 Å². The van der Waals surface area contributed by atoms with E-state index >= 15 is 0 Å². The Morgan fingerprint density at radius 3 is 2.39 bits per heavy atom. The van der Waals surface area contributed by atoms with Crippen molar-refractivity contribution < 1.29 is 14.4 Å². The van der Waals surface area contributed by atoms with Gasteiger partial charge in [0.25, 0.3) is 11.7 Å². The zero-order chi connectivity index (χ0) is 22.8. The minimum atomic E-state index is -0.639. The molecule has 2 aromatic heterocycles. The number of Topliss-reactive ketones (excluding diaryl/α,β-unsaturated/α-hetero) is 1. The van der Waals surface area contributed by atoms with Gasteiger partial charge in [-0.2, -0.15) is 0 Å². The highest BCUT2D eigenvalue weighted by Gasteiger charge is 2.23. The summed E-state index contributed by atoms with van der Waals surface area (Å²) in [4.78, 5) is 40.2. The Labute approximate surface area is 191 Å². The number of para-hydroxylation sites is 2. The third-order valence-corrected chi connectivity index (χ3v) is 6.32. The predicted octanol–water partition coefficient (Wildman–Crippen LogP) is 3.22. The van der Waals surface area contributed by atoms with Gasteiger partial charge >= 0.3 is 0 Å². The van der Waals surface area contributed by atoms with Gasteiger partial charge in [-0.25, -0.2) is 0 Å². The van der Waals surface area contributed by atoms with E-state index in [0.29, 0.717) is 24.0 Å². The molecule has 1 saturated heterocycles. The van der Waals surface area contributed by atoms with E-state index in [1.165, 1.54) is 0 Å². The van der Waals surface area contributed by atoms with Crippen LogP contribution in [-0.4, -0.2) is 51.3 Å². The Hall–Kier alpha value is -3.87. The third kappa shape index (κ3) is 4.14. The van der Waals surface area contributed by atoms with Crippen LogP contribution in [-0.2, 0) is 22.7 Å². The first-order chi connectivity index (χ1) is 16.1. The number of carbonyl (C=O) groups excluding carboxylic acids is 3. The number of fused-ring (bicyclic) bond motifs is 2. The Balaban J connectivity index is 1.29. The van der Waals surface area contributed by atoms with Crippen LogP contribution in [0.25, 0.3) is 21.8 Å². The molecule has 33 heavy (non-hydrogen) atoms. The lowest BCUT2D eigenvalue weighted by Crippen LogP contribution is -2.33. The molecule has 0 radical (unpaired) electrons. The number of aromatic nitrogens is 2. The molecular weight excluding hydrogens is 416 g/mol. The number of benzene rings is 2. The minimum absolute atomic E-state index is 0.0376. The van der Waals surface area contributed by atoms with E-state index in [4.69, 9.17) is 0 Å². The third-order valence-electron chi connectivity index (χ3n) is 6.32. The molecule has 2 amide bonds. The molecule has 7 nitrogen and oxygen atoms in total. The quantitative estimate of drug-likeness (QED) is 0.353. The van der Waals surface area contributed by atoms with E-state index in [1.54, 1.807) is 10.8 Å². The first-order valence-electron chi connectivity index (χ1n) is 11.3. The molecule has 4 aromatic rings. The van der Waals surface area contributed by atoms with Crippen LogP contribution in [0.5, 0.6) is 0 Å². The summed E-state index contributed by atoms with van der Waals surface area (Å²) in [6, 6.07) is 17.5. The number of ketones is 1. The smallest absolute Gasteiger partial charge is 0.292 e. The summed E-state index contributed by atoms with van der Waals surface area (Å²) < 4.78 is 3.83. The predicted molar refractivity (Wildman–Crippen MR) is 127 cm³/mol. The lowest BCUT2D eigenvalue weighted by molar-refractivity contribution is -0.130. The molecule has 3 heterocycles. The molecular formula is C26H26N4O3. The van der Waals surface area contributed by atoms with Crippen molar-refractivity contribution in [2.75, 3.05) is 19.6 Å². The van der Waals surface area contributed by atoms with Gasteiger partial charge in [0, 0.05) is 55.0 Å². The van der Waals surface area contributed by atoms with Crippen molar-refractivity contribution in [3.05, 3.63) is 72.6 Å². The van der Waals surface area contributed by atoms with E-state index in [1.807, 2.05) is 65.7 Å². The maximum absolute atomic E-state index is 13.0. The van der Waals surface area contributed by atoms with Crippen molar-refractivity contribution >= 4 is 39.4 Å². The van der Waals surface area contributed by atoms with Crippen LogP contribution < -0.4 is 5.32 Å². The van der Waals surface area contributed by atoms with Crippen LogP contribution in [0.1, 0.15) is 23.2 Å². The highest BCUT2D eigenvalue weighted by molar-refractivity contribution is 6.45.